The number of aliphatic hydroxyl groups is 1. The maximum Gasteiger partial charge on any atom is 0.307 e. The molecule has 3 amide bonds. The van der Waals surface area contributed by atoms with Gasteiger partial charge in [0.2, 0.25) is 23.5 Å². The molecule has 6 unspecified atom stereocenters. The Morgan fingerprint density at radius 1 is 0.547 bits per heavy atom. The highest BCUT2D eigenvalue weighted by Crippen LogP contribution is 2.53. The molecule has 10 aliphatic rings. The van der Waals surface area contributed by atoms with Crippen molar-refractivity contribution in [2.24, 2.45) is 5.73 Å². The van der Waals surface area contributed by atoms with Crippen LogP contribution in [0.1, 0.15) is 207 Å². The second kappa shape index (κ2) is 46.5. The van der Waals surface area contributed by atoms with E-state index in [4.69, 9.17) is 40.7 Å². The van der Waals surface area contributed by atoms with Crippen LogP contribution in [0.3, 0.4) is 0 Å². The van der Waals surface area contributed by atoms with Gasteiger partial charge in [0.25, 0.3) is 5.89 Å². The summed E-state index contributed by atoms with van der Waals surface area (Å²) in [6.45, 7) is 28.0. The first-order chi connectivity index (χ1) is 65.0. The molecule has 4 heterocycles. The van der Waals surface area contributed by atoms with Crippen LogP contribution in [0.15, 0.2) is 183 Å². The van der Waals surface area contributed by atoms with Gasteiger partial charge < -0.3 is 48.8 Å². The molecule has 3 aliphatic heterocycles. The van der Waals surface area contributed by atoms with Gasteiger partial charge in [0.1, 0.15) is 0 Å². The highest BCUT2D eigenvalue weighted by atomic mass is 79.9. The number of Topliss-reactive ketones (excluding diaryl/α,β-unsaturated/α-hetero) is 1. The molecule has 6 atom stereocenters. The van der Waals surface area contributed by atoms with E-state index in [2.05, 4.69) is 266 Å². The fourth-order valence-corrected chi connectivity index (χ4v) is 26.2. The van der Waals surface area contributed by atoms with E-state index < -0.39 is 22.0 Å². The Morgan fingerprint density at radius 2 is 1.01 bits per heavy atom. The minimum atomic E-state index is -1.75. The lowest BCUT2D eigenvalue weighted by Crippen LogP contribution is -2.43. The maximum atomic E-state index is 12.7. The van der Waals surface area contributed by atoms with Crippen molar-refractivity contribution in [3.63, 3.8) is 0 Å². The van der Waals surface area contributed by atoms with Crippen molar-refractivity contribution < 1.29 is 56.7 Å². The van der Waals surface area contributed by atoms with Gasteiger partial charge in [-0.05, 0) is 253 Å². The van der Waals surface area contributed by atoms with E-state index in [1.807, 2.05) is 89.8 Å². The van der Waals surface area contributed by atoms with Crippen LogP contribution in [0.4, 0.5) is 0 Å². The zero-order valence-corrected chi connectivity index (χ0v) is 94.1. The average Bonchev–Trinajstić information content (AvgIpc) is 1.59. The lowest BCUT2D eigenvalue weighted by molar-refractivity contribution is -0.142. The third-order valence-electron chi connectivity index (χ3n) is 29.9. The average molecular weight is 2370 g/mol. The van der Waals surface area contributed by atoms with E-state index in [-0.39, 0.29) is 81.1 Å². The summed E-state index contributed by atoms with van der Waals surface area (Å²) in [6, 6.07) is 54.6. The molecule has 3 saturated heterocycles. The highest BCUT2D eigenvalue weighted by molar-refractivity contribution is 9.11. The third-order valence-corrected chi connectivity index (χ3v) is 44.1. The number of β-amino-alcohol motifs (C(OH)–C–C–N with tert-alkyl or cyclic N) is 1. The van der Waals surface area contributed by atoms with Crippen LogP contribution in [0, 0.1) is 22.7 Å². The van der Waals surface area contributed by atoms with Gasteiger partial charge in [-0.2, -0.15) is 15.5 Å². The number of nitrogens with zero attached hydrogens (tertiary/aromatic N) is 6. The predicted octanol–water partition coefficient (Wildman–Crippen LogP) is 24.4. The minimum absolute atomic E-state index is 0.00888. The van der Waals surface area contributed by atoms with Crippen LogP contribution < -0.4 is 11.1 Å². The molecule has 0 bridgehead atoms. The standard InChI is InChI=1S/C22H20ClN3O3.C20H30BrNO2Si.C13H16BrNO2.C13H12BrNO2.C12H12BrNO.C10H8BrN.C9H7BrO.C8H19BrOSi/c23-15-6-4-14(5-7-15)21-24-20(25-29-21)17-2-1-3-18-16(17)8-9-22(18)12-19(28)26(13-22)10-11-27;1-19(2,3)25(4,5)24-12-11-22-14-20(13-18(22)23)10-9-15-16(20)7-6-8-17(15)21;2*1-17-12(16)7-13(8-15)6-5-9-10(13)3-2-4-11(9)14;13-10-3-1-2-9-8(10)4-5-12(9)6-11(15)14-7-12;11-10-3-1-2-8-7(6-12)4-5-9(8)10;10-8-3-1-2-7-6(8)4-5-9(7)11;1-8(2,3)11(4,5)10-7-6-9/h1-7,27H,8-13H2;6-8H,9-14H2,1-5H3;2-4H,5-8,15H2,1H3;2-4H,5-7H2,1H3;1-3H,4-7H2,(H,14,15);1-3,7H,4-5H2;1-3H,4-5H2;6-7H2,1-5H3. The Hall–Kier alpha value is -7.18. The second-order valence-electron chi connectivity index (χ2n) is 40.1. The number of nitriles is 2. The van der Waals surface area contributed by atoms with E-state index in [9.17, 15) is 39.1 Å². The van der Waals surface area contributed by atoms with Crippen LogP contribution in [0.25, 0.3) is 22.8 Å². The SMILES string of the molecule is CC(C)(C)[Si](C)(C)OCCBr.CC(C)(C)[Si](C)(C)OCCN1CC2(CCc3c(Br)cccc32)CC1=O.COC(=O)CC1(C#N)CCc2c(Br)cccc21.COC(=O)CC1(CN)CCc2c(Br)cccc21.N#CC1CCc2c(Br)cccc21.O=C1CC2(CCc3c(-c4noc(-c5ccc(Cl)cc5)n4)cccc32)CN1CCO.O=C1CC2(CCc3c(Br)cccc32)CN1.O=C1CCc2c(Br)cccc21. The van der Waals surface area contributed by atoms with Gasteiger partial charge in [-0.1, -0.05) is 261 Å². The molecule has 137 heavy (non-hydrogen) atoms. The number of rotatable bonds is 16. The second-order valence-corrected chi connectivity index (χ2v) is 56.1. The number of esters is 2. The molecule has 0 saturated carbocycles. The van der Waals surface area contributed by atoms with E-state index >= 15 is 0 Å². The van der Waals surface area contributed by atoms with Crippen molar-refractivity contribution in [2.45, 2.75) is 233 Å². The van der Waals surface area contributed by atoms with Crippen LogP contribution in [-0.4, -0.2) is 156 Å². The summed E-state index contributed by atoms with van der Waals surface area (Å²) >= 11 is 30.5. The third kappa shape index (κ3) is 24.7. The van der Waals surface area contributed by atoms with Gasteiger partial charge >= 0.3 is 11.9 Å². The number of hydrogen-bond acceptors (Lipinski definition) is 17. The molecule has 30 heteroatoms. The van der Waals surface area contributed by atoms with E-state index in [1.54, 1.807) is 17.0 Å². The van der Waals surface area contributed by atoms with Crippen molar-refractivity contribution in [3.05, 3.63) is 261 Å². The number of halogens is 8. The molecule has 20 nitrogen and oxygen atoms in total. The van der Waals surface area contributed by atoms with Gasteiger partial charge in [-0.3, -0.25) is 28.8 Å². The number of carbonyl (C=O) groups is 6. The zero-order chi connectivity index (χ0) is 99.4. The molecular weight excluding hydrogens is 2240 g/mol. The lowest BCUT2D eigenvalue weighted by atomic mass is 9.79. The van der Waals surface area contributed by atoms with Crippen LogP contribution >= 0.6 is 123 Å². The lowest BCUT2D eigenvalue weighted by Gasteiger charge is -2.36. The largest absolute Gasteiger partial charge is 0.469 e. The predicted molar refractivity (Wildman–Crippen MR) is 569 cm³/mol. The number of carbonyl (C=O) groups excluding carboxylic acids is 6. The smallest absolute Gasteiger partial charge is 0.307 e. The number of likely N-dealkylation sites (tertiary alicyclic amines) is 2. The molecule has 1 aromatic heterocycles. The van der Waals surface area contributed by atoms with Crippen molar-refractivity contribution in [1.82, 2.24) is 25.3 Å². The first-order valence-electron chi connectivity index (χ1n) is 46.9. The Kier molecular flexibility index (Phi) is 36.9. The number of aliphatic hydroxyl groups excluding tert-OH is 1. The Morgan fingerprint density at radius 3 is 1.53 bits per heavy atom. The zero-order valence-electron chi connectivity index (χ0n) is 80.2. The molecular formula is C107H124Br7ClN8O12Si2. The van der Waals surface area contributed by atoms with E-state index in [0.717, 1.165) is 154 Å². The first kappa shape index (κ1) is 109. The Bertz CT molecular complexity index is 6020. The fourth-order valence-electron chi connectivity index (χ4n) is 20.2. The molecule has 3 spiro atoms. The Balaban J connectivity index is 0.000000144. The number of benzene rings is 8. The molecule has 728 valence electrons. The van der Waals surface area contributed by atoms with Crippen molar-refractivity contribution in [2.75, 3.05) is 78.6 Å². The maximum absolute atomic E-state index is 12.7. The fraction of sp³-hybridized carbons (Fsp3) is 0.458. The summed E-state index contributed by atoms with van der Waals surface area (Å²) in [7, 11) is -0.433. The minimum Gasteiger partial charge on any atom is -0.469 e. The van der Waals surface area contributed by atoms with Crippen LogP contribution in [0.5, 0.6) is 0 Å². The van der Waals surface area contributed by atoms with Gasteiger partial charge in [0, 0.05) is 147 Å². The topological polar surface area (TPSA) is 291 Å². The monoisotopic (exact) mass is 2360 g/mol. The number of methoxy groups -OCH3 is 2. The summed E-state index contributed by atoms with van der Waals surface area (Å²) < 4.78 is 33.8. The number of aromatic nitrogens is 2. The summed E-state index contributed by atoms with van der Waals surface area (Å²) in [5.41, 5.74) is 23.8. The molecule has 0 radical (unpaired) electrons. The summed E-state index contributed by atoms with van der Waals surface area (Å²) in [5, 5.41) is 36.8. The normalized spacial score (nSPS) is 21.3. The number of ether oxygens (including phenoxy) is 2. The number of nitrogens with one attached hydrogen (secondary N) is 1. The number of nitrogens with two attached hydrogens (primary N) is 1. The molecule has 4 N–H and O–H groups in total. The van der Waals surface area contributed by atoms with Gasteiger partial charge in [0.05, 0.1) is 63.7 Å². The van der Waals surface area contributed by atoms with Crippen molar-refractivity contribution in [3.8, 4) is 35.0 Å². The van der Waals surface area contributed by atoms with Crippen molar-refractivity contribution >= 4 is 175 Å². The number of fused-ring (bicyclic) bond motifs is 10. The van der Waals surface area contributed by atoms with Gasteiger partial charge in [-0.15, -0.1) is 0 Å². The number of amides is 3. The quantitative estimate of drug-likeness (QED) is 0.0460. The van der Waals surface area contributed by atoms with Gasteiger partial charge in [0.15, 0.2) is 22.4 Å². The van der Waals surface area contributed by atoms with Crippen LogP contribution in [-0.2, 0) is 114 Å². The molecule has 8 aromatic carbocycles. The van der Waals surface area contributed by atoms with Crippen LogP contribution in [0.2, 0.25) is 41.3 Å². The number of alkyl halides is 1. The first-order valence-corrected chi connectivity index (χ1v) is 59.0. The molecule has 9 aromatic rings. The van der Waals surface area contributed by atoms with E-state index in [0.29, 0.717) is 86.5 Å². The Labute approximate surface area is 873 Å². The molecule has 19 rings (SSSR count). The van der Waals surface area contributed by atoms with Gasteiger partial charge in [-0.25, -0.2) is 0 Å². The number of hydrogen-bond donors (Lipinski definition) is 3. The summed E-state index contributed by atoms with van der Waals surface area (Å²) in [4.78, 5) is 79.0. The molecule has 7 aliphatic carbocycles. The number of ketones is 1. The van der Waals surface area contributed by atoms with E-state index in [1.165, 1.54) is 84.4 Å². The summed E-state index contributed by atoms with van der Waals surface area (Å²) in [5.74, 6) is 1.48. The van der Waals surface area contributed by atoms with Crippen molar-refractivity contribution in [1.29, 1.82) is 10.5 Å². The molecule has 3 fully saturated rings. The highest BCUT2D eigenvalue weighted by Gasteiger charge is 2.52. The summed E-state index contributed by atoms with van der Waals surface area (Å²) in [6.07, 6.45) is 15.4.